The molecule has 0 saturated heterocycles. The van der Waals surface area contributed by atoms with E-state index in [0.717, 1.165) is 34.2 Å². The Morgan fingerprint density at radius 1 is 1.04 bits per heavy atom. The second-order valence-corrected chi connectivity index (χ2v) is 5.71. The zero-order valence-corrected chi connectivity index (χ0v) is 13.2. The largest absolute Gasteiger partial charge is 0.497 e. The SMILES string of the molecule is COc1ccc2c3cncnc3n(Cc3ccc(C)cc3)c2c1. The summed E-state index contributed by atoms with van der Waals surface area (Å²) in [6.07, 6.45) is 3.48. The van der Waals surface area contributed by atoms with Crippen molar-refractivity contribution in [1.29, 1.82) is 0 Å². The van der Waals surface area contributed by atoms with E-state index in [1.165, 1.54) is 11.1 Å². The maximum absolute atomic E-state index is 5.39. The molecule has 4 nitrogen and oxygen atoms in total. The summed E-state index contributed by atoms with van der Waals surface area (Å²) in [5.74, 6) is 0.846. The highest BCUT2D eigenvalue weighted by atomic mass is 16.5. The van der Waals surface area contributed by atoms with Crippen molar-refractivity contribution in [3.05, 3.63) is 66.1 Å². The first-order chi connectivity index (χ1) is 11.3. The van der Waals surface area contributed by atoms with Crippen LogP contribution in [0.2, 0.25) is 0 Å². The van der Waals surface area contributed by atoms with Gasteiger partial charge < -0.3 is 9.30 Å². The molecular weight excluding hydrogens is 286 g/mol. The molecule has 114 valence electrons. The second-order valence-electron chi connectivity index (χ2n) is 5.71. The number of hydrogen-bond donors (Lipinski definition) is 0. The molecule has 0 aliphatic heterocycles. The molecule has 0 aliphatic carbocycles. The average molecular weight is 303 g/mol. The quantitative estimate of drug-likeness (QED) is 0.575. The summed E-state index contributed by atoms with van der Waals surface area (Å²) in [4.78, 5) is 8.68. The molecule has 0 saturated carbocycles. The maximum atomic E-state index is 5.39. The standard InChI is InChI=1S/C19H17N3O/c1-13-3-5-14(6-4-13)11-22-18-9-15(23-2)7-8-16(18)17-10-20-12-21-19(17)22/h3-10,12H,11H2,1-2H3. The number of aromatic nitrogens is 3. The Labute approximate surface area is 134 Å². The predicted molar refractivity (Wildman–Crippen MR) is 91.9 cm³/mol. The van der Waals surface area contributed by atoms with E-state index in [1.807, 2.05) is 12.3 Å². The van der Waals surface area contributed by atoms with Gasteiger partial charge in [-0.1, -0.05) is 29.8 Å². The minimum Gasteiger partial charge on any atom is -0.497 e. The van der Waals surface area contributed by atoms with E-state index in [2.05, 4.69) is 57.9 Å². The summed E-state index contributed by atoms with van der Waals surface area (Å²) in [7, 11) is 1.69. The highest BCUT2D eigenvalue weighted by Crippen LogP contribution is 2.30. The molecule has 2 aromatic carbocycles. The van der Waals surface area contributed by atoms with Gasteiger partial charge >= 0.3 is 0 Å². The van der Waals surface area contributed by atoms with Crippen LogP contribution in [0.3, 0.4) is 0 Å². The first-order valence-corrected chi connectivity index (χ1v) is 7.58. The summed E-state index contributed by atoms with van der Waals surface area (Å²) in [5.41, 5.74) is 4.57. The number of benzene rings is 2. The minimum absolute atomic E-state index is 0.768. The molecule has 2 heterocycles. The fourth-order valence-corrected chi connectivity index (χ4v) is 2.97. The van der Waals surface area contributed by atoms with Gasteiger partial charge in [0, 0.05) is 29.6 Å². The Morgan fingerprint density at radius 2 is 1.87 bits per heavy atom. The normalized spacial score (nSPS) is 11.2. The Hall–Kier alpha value is -2.88. The molecule has 0 bridgehead atoms. The lowest BCUT2D eigenvalue weighted by Gasteiger charge is -2.08. The molecule has 0 radical (unpaired) electrons. The molecule has 23 heavy (non-hydrogen) atoms. The molecule has 2 aromatic heterocycles. The Bertz CT molecular complexity index is 987. The van der Waals surface area contributed by atoms with Crippen LogP contribution in [-0.4, -0.2) is 21.6 Å². The first-order valence-electron chi connectivity index (χ1n) is 7.58. The van der Waals surface area contributed by atoms with Crippen LogP contribution < -0.4 is 4.74 Å². The number of hydrogen-bond acceptors (Lipinski definition) is 3. The van der Waals surface area contributed by atoms with Crippen molar-refractivity contribution in [3.63, 3.8) is 0 Å². The van der Waals surface area contributed by atoms with Gasteiger partial charge in [-0.05, 0) is 24.6 Å². The average Bonchev–Trinajstić information content (AvgIpc) is 2.90. The van der Waals surface area contributed by atoms with Gasteiger partial charge in [0.1, 0.15) is 17.7 Å². The highest BCUT2D eigenvalue weighted by Gasteiger charge is 2.13. The molecule has 0 N–H and O–H groups in total. The number of ether oxygens (including phenoxy) is 1. The number of nitrogens with zero attached hydrogens (tertiary/aromatic N) is 3. The lowest BCUT2D eigenvalue weighted by molar-refractivity contribution is 0.415. The van der Waals surface area contributed by atoms with Gasteiger partial charge in [0.2, 0.25) is 0 Å². The van der Waals surface area contributed by atoms with E-state index < -0.39 is 0 Å². The van der Waals surface area contributed by atoms with Crippen molar-refractivity contribution in [2.75, 3.05) is 7.11 Å². The summed E-state index contributed by atoms with van der Waals surface area (Å²) >= 11 is 0. The number of methoxy groups -OCH3 is 1. The number of fused-ring (bicyclic) bond motifs is 3. The van der Waals surface area contributed by atoms with Crippen LogP contribution in [0.4, 0.5) is 0 Å². The van der Waals surface area contributed by atoms with Crippen molar-refractivity contribution < 1.29 is 4.74 Å². The van der Waals surface area contributed by atoms with Crippen LogP contribution in [0.25, 0.3) is 21.9 Å². The predicted octanol–water partition coefficient (Wildman–Crippen LogP) is 3.95. The molecule has 4 heteroatoms. The third-order valence-electron chi connectivity index (χ3n) is 4.19. The number of aryl methyl sites for hydroxylation is 1. The van der Waals surface area contributed by atoms with Gasteiger partial charge in [-0.15, -0.1) is 0 Å². The molecule has 0 amide bonds. The Morgan fingerprint density at radius 3 is 2.65 bits per heavy atom. The molecule has 0 aliphatic rings. The summed E-state index contributed by atoms with van der Waals surface area (Å²) in [6.45, 7) is 2.87. The Balaban J connectivity index is 1.95. The lowest BCUT2D eigenvalue weighted by Crippen LogP contribution is -2.00. The fourth-order valence-electron chi connectivity index (χ4n) is 2.97. The molecule has 0 unspecified atom stereocenters. The van der Waals surface area contributed by atoms with Gasteiger partial charge in [0.15, 0.2) is 0 Å². The van der Waals surface area contributed by atoms with E-state index in [-0.39, 0.29) is 0 Å². The molecule has 0 spiro atoms. The van der Waals surface area contributed by atoms with Crippen molar-refractivity contribution in [3.8, 4) is 5.75 Å². The van der Waals surface area contributed by atoms with Gasteiger partial charge in [0.05, 0.1) is 12.6 Å². The summed E-state index contributed by atoms with van der Waals surface area (Å²) in [5, 5.41) is 2.21. The monoisotopic (exact) mass is 303 g/mol. The van der Waals surface area contributed by atoms with Crippen LogP contribution in [-0.2, 0) is 6.54 Å². The van der Waals surface area contributed by atoms with Crippen molar-refractivity contribution in [2.24, 2.45) is 0 Å². The van der Waals surface area contributed by atoms with Crippen molar-refractivity contribution >= 4 is 21.9 Å². The van der Waals surface area contributed by atoms with Crippen LogP contribution in [0.1, 0.15) is 11.1 Å². The molecule has 4 aromatic rings. The third kappa shape index (κ3) is 2.32. The smallest absolute Gasteiger partial charge is 0.144 e. The van der Waals surface area contributed by atoms with Crippen molar-refractivity contribution in [1.82, 2.24) is 14.5 Å². The zero-order valence-electron chi connectivity index (χ0n) is 13.2. The summed E-state index contributed by atoms with van der Waals surface area (Å²) < 4.78 is 7.61. The summed E-state index contributed by atoms with van der Waals surface area (Å²) in [6, 6.07) is 14.7. The fraction of sp³-hybridized carbons (Fsp3) is 0.158. The topological polar surface area (TPSA) is 39.9 Å². The number of rotatable bonds is 3. The van der Waals surface area contributed by atoms with E-state index in [0.29, 0.717) is 0 Å². The van der Waals surface area contributed by atoms with Gasteiger partial charge in [-0.25, -0.2) is 9.97 Å². The minimum atomic E-state index is 0.768. The van der Waals surface area contributed by atoms with Crippen LogP contribution in [0.15, 0.2) is 55.0 Å². The molecular formula is C19H17N3O. The van der Waals surface area contributed by atoms with Crippen LogP contribution >= 0.6 is 0 Å². The van der Waals surface area contributed by atoms with Crippen LogP contribution in [0, 0.1) is 6.92 Å². The van der Waals surface area contributed by atoms with Gasteiger partial charge in [-0.3, -0.25) is 0 Å². The van der Waals surface area contributed by atoms with E-state index >= 15 is 0 Å². The van der Waals surface area contributed by atoms with E-state index in [4.69, 9.17) is 4.74 Å². The van der Waals surface area contributed by atoms with Gasteiger partial charge in [0.25, 0.3) is 0 Å². The zero-order chi connectivity index (χ0) is 15.8. The molecule has 0 fully saturated rings. The molecule has 0 atom stereocenters. The van der Waals surface area contributed by atoms with E-state index in [1.54, 1.807) is 13.4 Å². The molecule has 4 rings (SSSR count). The van der Waals surface area contributed by atoms with Crippen LogP contribution in [0.5, 0.6) is 5.75 Å². The third-order valence-corrected chi connectivity index (χ3v) is 4.19. The maximum Gasteiger partial charge on any atom is 0.144 e. The van der Waals surface area contributed by atoms with E-state index in [9.17, 15) is 0 Å². The first kappa shape index (κ1) is 13.8. The lowest BCUT2D eigenvalue weighted by atomic mass is 10.1. The van der Waals surface area contributed by atoms with Crippen molar-refractivity contribution in [2.45, 2.75) is 13.5 Å². The van der Waals surface area contributed by atoms with Gasteiger partial charge in [-0.2, -0.15) is 0 Å². The second kappa shape index (κ2) is 5.39. The Kier molecular flexibility index (Phi) is 3.23. The highest BCUT2D eigenvalue weighted by molar-refractivity contribution is 6.06.